The monoisotopic (exact) mass is 405 g/mol. The van der Waals surface area contributed by atoms with Gasteiger partial charge in [-0.25, -0.2) is 9.78 Å². The molecule has 0 unspecified atom stereocenters. The Morgan fingerprint density at radius 1 is 1.17 bits per heavy atom. The van der Waals surface area contributed by atoms with Gasteiger partial charge in [0.15, 0.2) is 0 Å². The summed E-state index contributed by atoms with van der Waals surface area (Å²) in [5.41, 5.74) is 0.918. The van der Waals surface area contributed by atoms with Crippen LogP contribution in [0.1, 0.15) is 17.3 Å². The van der Waals surface area contributed by atoms with Crippen molar-refractivity contribution in [3.8, 4) is 6.07 Å². The van der Waals surface area contributed by atoms with Gasteiger partial charge in [0.2, 0.25) is 0 Å². The minimum Gasteiger partial charge on any atom is -0.462 e. The highest BCUT2D eigenvalue weighted by Gasteiger charge is 2.18. The van der Waals surface area contributed by atoms with Gasteiger partial charge in [-0.1, -0.05) is 6.07 Å². The molecule has 30 heavy (non-hydrogen) atoms. The van der Waals surface area contributed by atoms with E-state index in [9.17, 15) is 14.9 Å². The number of anilines is 2. The first kappa shape index (κ1) is 20.9. The van der Waals surface area contributed by atoms with E-state index in [-0.39, 0.29) is 5.57 Å². The molecule has 8 heteroatoms. The van der Waals surface area contributed by atoms with Crippen molar-refractivity contribution in [2.75, 3.05) is 43.0 Å². The molecule has 0 spiro atoms. The van der Waals surface area contributed by atoms with Crippen LogP contribution in [0.5, 0.6) is 0 Å². The molecule has 1 amide bonds. The number of nitrogens with zero attached hydrogens (tertiary/aromatic N) is 4. The molecule has 0 saturated carbocycles. The second kappa shape index (κ2) is 10.1. The molecule has 1 fully saturated rings. The van der Waals surface area contributed by atoms with Gasteiger partial charge >= 0.3 is 5.97 Å². The summed E-state index contributed by atoms with van der Waals surface area (Å²) in [4.78, 5) is 32.7. The first-order chi connectivity index (χ1) is 14.6. The van der Waals surface area contributed by atoms with Crippen LogP contribution < -0.4 is 10.2 Å². The smallest absolute Gasteiger partial charge is 0.338 e. The summed E-state index contributed by atoms with van der Waals surface area (Å²) < 4.78 is 4.93. The minimum absolute atomic E-state index is 0.0238. The number of rotatable bonds is 6. The Kier molecular flexibility index (Phi) is 7.00. The van der Waals surface area contributed by atoms with E-state index >= 15 is 0 Å². The van der Waals surface area contributed by atoms with Crippen molar-refractivity contribution in [3.63, 3.8) is 0 Å². The van der Waals surface area contributed by atoms with Crippen molar-refractivity contribution in [1.29, 1.82) is 5.26 Å². The average Bonchev–Trinajstić information content (AvgIpc) is 2.79. The van der Waals surface area contributed by atoms with E-state index in [0.29, 0.717) is 30.9 Å². The number of carbonyl (C=O) groups excluding carboxylic acids is 2. The Hall–Kier alpha value is -3.86. The van der Waals surface area contributed by atoms with Gasteiger partial charge in [-0.05, 0) is 43.3 Å². The third kappa shape index (κ3) is 5.35. The van der Waals surface area contributed by atoms with Crippen LogP contribution in [0, 0.1) is 11.3 Å². The molecule has 1 N–H and O–H groups in total. The van der Waals surface area contributed by atoms with Crippen LogP contribution in [0.4, 0.5) is 11.5 Å². The van der Waals surface area contributed by atoms with Crippen molar-refractivity contribution < 1.29 is 14.3 Å². The molecule has 0 atom stereocenters. The molecule has 154 valence electrons. The van der Waals surface area contributed by atoms with Gasteiger partial charge in [0.1, 0.15) is 17.5 Å². The maximum Gasteiger partial charge on any atom is 0.338 e. The fourth-order valence-electron chi connectivity index (χ4n) is 3.04. The molecule has 1 aromatic carbocycles. The first-order valence-electron chi connectivity index (χ1n) is 9.71. The number of hydrogen-bond acceptors (Lipinski definition) is 7. The van der Waals surface area contributed by atoms with Gasteiger partial charge in [0, 0.05) is 44.3 Å². The Labute approximate surface area is 175 Å². The molecule has 8 nitrogen and oxygen atoms in total. The number of aromatic nitrogens is 1. The van der Waals surface area contributed by atoms with Crippen molar-refractivity contribution in [2.24, 2.45) is 0 Å². The summed E-state index contributed by atoms with van der Waals surface area (Å²) >= 11 is 0. The molecular formula is C22H23N5O3. The number of carbonyl (C=O) groups is 2. The van der Waals surface area contributed by atoms with E-state index in [1.54, 1.807) is 43.6 Å². The lowest BCUT2D eigenvalue weighted by Crippen LogP contribution is -2.44. The second-order valence-corrected chi connectivity index (χ2v) is 6.62. The largest absolute Gasteiger partial charge is 0.462 e. The summed E-state index contributed by atoms with van der Waals surface area (Å²) in [7, 11) is 0. The number of nitrogens with one attached hydrogen (secondary N) is 1. The first-order valence-corrected chi connectivity index (χ1v) is 9.71. The molecular weight excluding hydrogens is 382 g/mol. The number of benzene rings is 1. The van der Waals surface area contributed by atoms with Crippen LogP contribution in [0.3, 0.4) is 0 Å². The van der Waals surface area contributed by atoms with Crippen molar-refractivity contribution in [2.45, 2.75) is 6.92 Å². The number of esters is 1. The zero-order valence-corrected chi connectivity index (χ0v) is 16.7. The second-order valence-electron chi connectivity index (χ2n) is 6.62. The van der Waals surface area contributed by atoms with Crippen LogP contribution in [-0.2, 0) is 9.53 Å². The predicted molar refractivity (Wildman–Crippen MR) is 113 cm³/mol. The van der Waals surface area contributed by atoms with Gasteiger partial charge < -0.3 is 19.9 Å². The molecule has 1 aliphatic rings. The molecule has 2 aromatic rings. The summed E-state index contributed by atoms with van der Waals surface area (Å²) in [6.45, 7) is 4.91. The maximum absolute atomic E-state index is 12.5. The molecule has 1 aliphatic heterocycles. The Bertz CT molecular complexity index is 943. The quantitative estimate of drug-likeness (QED) is 0.448. The third-order valence-electron chi connectivity index (χ3n) is 4.62. The molecule has 0 aliphatic carbocycles. The van der Waals surface area contributed by atoms with Crippen molar-refractivity contribution in [3.05, 3.63) is 66.0 Å². The standard InChI is InChI=1S/C22H23N5O3/c1-2-30-22(29)17-6-8-19(9-7-17)25-21(28)18(15-23)16-26-11-13-27(14-12-26)20-5-3-4-10-24-20/h3-10,16H,2,11-14H2,1H3,(H,25,28)/b18-16-. The summed E-state index contributed by atoms with van der Waals surface area (Å²) in [6.07, 6.45) is 3.36. The van der Waals surface area contributed by atoms with E-state index < -0.39 is 11.9 Å². The minimum atomic E-state index is -0.492. The number of nitriles is 1. The number of amides is 1. The van der Waals surface area contributed by atoms with E-state index in [0.717, 1.165) is 18.9 Å². The zero-order chi connectivity index (χ0) is 21.3. The predicted octanol–water partition coefficient (Wildman–Crippen LogP) is 2.43. The number of pyridine rings is 1. The summed E-state index contributed by atoms with van der Waals surface area (Å²) in [5, 5.41) is 12.1. The van der Waals surface area contributed by atoms with Crippen LogP contribution in [-0.4, -0.2) is 54.5 Å². The zero-order valence-electron chi connectivity index (χ0n) is 16.7. The van der Waals surface area contributed by atoms with E-state index in [1.165, 1.54) is 0 Å². The molecule has 2 heterocycles. The summed E-state index contributed by atoms with van der Waals surface area (Å²) in [6, 6.07) is 14.1. The van der Waals surface area contributed by atoms with E-state index in [1.807, 2.05) is 29.2 Å². The topological polar surface area (TPSA) is 98.6 Å². The Morgan fingerprint density at radius 2 is 1.90 bits per heavy atom. The fraction of sp³-hybridized carbons (Fsp3) is 0.273. The van der Waals surface area contributed by atoms with Gasteiger partial charge in [-0.2, -0.15) is 5.26 Å². The highest BCUT2D eigenvalue weighted by molar-refractivity contribution is 6.06. The SMILES string of the molecule is CCOC(=O)c1ccc(NC(=O)/C(C#N)=C\N2CCN(c3ccccn3)CC2)cc1. The number of piperazine rings is 1. The molecule has 0 bridgehead atoms. The maximum atomic E-state index is 12.5. The lowest BCUT2D eigenvalue weighted by molar-refractivity contribution is -0.112. The highest BCUT2D eigenvalue weighted by Crippen LogP contribution is 2.15. The number of ether oxygens (including phenoxy) is 1. The molecule has 1 saturated heterocycles. The number of hydrogen-bond donors (Lipinski definition) is 1. The van der Waals surface area contributed by atoms with Crippen LogP contribution >= 0.6 is 0 Å². The van der Waals surface area contributed by atoms with Gasteiger partial charge in [-0.15, -0.1) is 0 Å². The molecule has 3 rings (SSSR count). The Balaban J connectivity index is 1.58. The summed E-state index contributed by atoms with van der Waals surface area (Å²) in [5.74, 6) is 0.0111. The van der Waals surface area contributed by atoms with Crippen LogP contribution in [0.2, 0.25) is 0 Å². The fourth-order valence-corrected chi connectivity index (χ4v) is 3.04. The van der Waals surface area contributed by atoms with E-state index in [4.69, 9.17) is 4.74 Å². The van der Waals surface area contributed by atoms with Crippen LogP contribution in [0.25, 0.3) is 0 Å². The molecule has 1 aromatic heterocycles. The van der Waals surface area contributed by atoms with E-state index in [2.05, 4.69) is 15.2 Å². The lowest BCUT2D eigenvalue weighted by atomic mass is 10.2. The normalized spacial score (nSPS) is 14.1. The highest BCUT2D eigenvalue weighted by atomic mass is 16.5. The van der Waals surface area contributed by atoms with Crippen molar-refractivity contribution >= 4 is 23.4 Å². The third-order valence-corrected chi connectivity index (χ3v) is 4.62. The molecule has 0 radical (unpaired) electrons. The van der Waals surface area contributed by atoms with Gasteiger partial charge in [0.05, 0.1) is 12.2 Å². The lowest BCUT2D eigenvalue weighted by Gasteiger charge is -2.34. The average molecular weight is 405 g/mol. The van der Waals surface area contributed by atoms with Crippen molar-refractivity contribution in [1.82, 2.24) is 9.88 Å². The Morgan fingerprint density at radius 3 is 2.50 bits per heavy atom. The van der Waals surface area contributed by atoms with Gasteiger partial charge in [-0.3, -0.25) is 4.79 Å². The van der Waals surface area contributed by atoms with Crippen LogP contribution in [0.15, 0.2) is 60.4 Å². The van der Waals surface area contributed by atoms with Gasteiger partial charge in [0.25, 0.3) is 5.91 Å².